The Balaban J connectivity index is 1.21. The number of aromatic nitrogens is 1. The number of aromatic amines is 1. The van der Waals surface area contributed by atoms with E-state index in [1.807, 2.05) is 43.0 Å². The molecule has 1 aliphatic heterocycles. The van der Waals surface area contributed by atoms with Gasteiger partial charge in [0.1, 0.15) is 23.1 Å². The van der Waals surface area contributed by atoms with Gasteiger partial charge in [-0.1, -0.05) is 42.3 Å². The van der Waals surface area contributed by atoms with Gasteiger partial charge in [-0.15, -0.1) is 0 Å². The molecular weight excluding hydrogens is 601 g/mol. The molecule has 0 amide bonds. The largest absolute Gasteiger partial charge is 0.493 e. The zero-order chi connectivity index (χ0) is 32.4. The molecular formula is C35H41F3N2O4S. The summed E-state index contributed by atoms with van der Waals surface area (Å²) in [6, 6.07) is 15.7. The summed E-state index contributed by atoms with van der Waals surface area (Å²) in [7, 11) is -3.79. The van der Waals surface area contributed by atoms with Gasteiger partial charge in [0.05, 0.1) is 24.2 Å². The molecule has 2 heterocycles. The number of aryl methyl sites for hydroxylation is 1. The van der Waals surface area contributed by atoms with Crippen molar-refractivity contribution in [2.75, 3.05) is 19.8 Å². The lowest BCUT2D eigenvalue weighted by atomic mass is 9.87. The van der Waals surface area contributed by atoms with Crippen LogP contribution in [0.2, 0.25) is 0 Å². The van der Waals surface area contributed by atoms with E-state index in [0.29, 0.717) is 31.4 Å². The second kappa shape index (κ2) is 13.6. The second-order valence-electron chi connectivity index (χ2n) is 12.6. The summed E-state index contributed by atoms with van der Waals surface area (Å²) >= 11 is 0. The number of alkyl halides is 1. The summed E-state index contributed by atoms with van der Waals surface area (Å²) in [5.74, 6) is -1.41. The number of unbranched alkanes of at least 4 members (excludes halogenated alkanes) is 3. The highest BCUT2D eigenvalue weighted by Crippen LogP contribution is 2.43. The van der Waals surface area contributed by atoms with Crippen LogP contribution in [0.5, 0.6) is 5.75 Å². The van der Waals surface area contributed by atoms with E-state index in [-0.39, 0.29) is 42.0 Å². The first-order chi connectivity index (χ1) is 21.3. The fourth-order valence-corrected chi connectivity index (χ4v) is 7.04. The molecule has 0 fully saturated rings. The Morgan fingerprint density at radius 1 is 0.956 bits per heavy atom. The van der Waals surface area contributed by atoms with Gasteiger partial charge < -0.3 is 9.72 Å². The van der Waals surface area contributed by atoms with Gasteiger partial charge in [0.15, 0.2) is 0 Å². The van der Waals surface area contributed by atoms with Gasteiger partial charge in [0.25, 0.3) is 10.1 Å². The maximum absolute atomic E-state index is 15.8. The monoisotopic (exact) mass is 642 g/mol. The van der Waals surface area contributed by atoms with Gasteiger partial charge in [0.2, 0.25) is 0 Å². The molecule has 6 nitrogen and oxygen atoms in total. The lowest BCUT2D eigenvalue weighted by molar-refractivity contribution is 0.0642. The van der Waals surface area contributed by atoms with Crippen molar-refractivity contribution in [1.82, 2.24) is 9.88 Å². The Labute approximate surface area is 263 Å². The number of rotatable bonds is 13. The highest BCUT2D eigenvalue weighted by Gasteiger charge is 2.41. The highest BCUT2D eigenvalue weighted by atomic mass is 32.2. The number of H-pyrrole nitrogens is 1. The zero-order valence-electron chi connectivity index (χ0n) is 26.2. The Morgan fingerprint density at radius 3 is 2.27 bits per heavy atom. The first-order valence-corrected chi connectivity index (χ1v) is 16.9. The van der Waals surface area contributed by atoms with Gasteiger partial charge in [-0.05, 0) is 77.1 Å². The normalized spacial score (nSPS) is 17.5. The van der Waals surface area contributed by atoms with Crippen molar-refractivity contribution in [3.63, 3.8) is 0 Å². The van der Waals surface area contributed by atoms with E-state index in [1.165, 1.54) is 38.1 Å². The fourth-order valence-electron chi connectivity index (χ4n) is 6.09. The first kappa shape index (κ1) is 33.0. The van der Waals surface area contributed by atoms with Crippen molar-refractivity contribution in [3.8, 4) is 5.75 Å². The summed E-state index contributed by atoms with van der Waals surface area (Å²) in [6.45, 7) is 7.12. The van der Waals surface area contributed by atoms with Gasteiger partial charge in [-0.2, -0.15) is 8.42 Å². The molecule has 0 saturated heterocycles. The molecule has 1 N–H and O–H groups in total. The second-order valence-corrected chi connectivity index (χ2v) is 14.2. The Bertz CT molecular complexity index is 1710. The number of nitrogens with zero attached hydrogens (tertiary/aromatic N) is 1. The summed E-state index contributed by atoms with van der Waals surface area (Å²) in [6.07, 6.45) is 3.24. The van der Waals surface area contributed by atoms with E-state index in [9.17, 15) is 12.8 Å². The van der Waals surface area contributed by atoms with Crippen LogP contribution in [0.3, 0.4) is 0 Å². The number of benzene rings is 3. The van der Waals surface area contributed by atoms with Gasteiger partial charge in [0, 0.05) is 46.9 Å². The quantitative estimate of drug-likeness (QED) is 0.118. The van der Waals surface area contributed by atoms with Crippen molar-refractivity contribution in [2.45, 2.75) is 82.4 Å². The van der Waals surface area contributed by atoms with E-state index in [0.717, 1.165) is 28.5 Å². The Kier molecular flexibility index (Phi) is 9.96. The van der Waals surface area contributed by atoms with Gasteiger partial charge >= 0.3 is 0 Å². The molecule has 0 saturated carbocycles. The van der Waals surface area contributed by atoms with Gasteiger partial charge in [-0.3, -0.25) is 9.08 Å². The molecule has 10 heteroatoms. The molecule has 242 valence electrons. The summed E-state index contributed by atoms with van der Waals surface area (Å²) in [5, 5.41) is 1.00. The van der Waals surface area contributed by atoms with Gasteiger partial charge in [-0.25, -0.2) is 13.2 Å². The number of hydrogen-bond donors (Lipinski definition) is 1. The van der Waals surface area contributed by atoms with Crippen LogP contribution in [0.4, 0.5) is 13.2 Å². The molecule has 3 aromatic carbocycles. The Hall–Kier alpha value is -3.34. The van der Waals surface area contributed by atoms with Crippen LogP contribution in [0, 0.1) is 18.6 Å². The van der Waals surface area contributed by atoms with Crippen LogP contribution in [0.25, 0.3) is 10.9 Å². The maximum atomic E-state index is 15.8. The molecule has 0 aliphatic carbocycles. The minimum atomic E-state index is -3.79. The standard InChI is InChI=1S/C35H41F3N2O4S/c1-23-13-15-26(16-14-23)45(41,42)44-18-10-6-5-9-17-43-25-20-29(36)32(30(37)21-25)34-33-28(27-11-7-8-12-31(27)39-33)19-24(2)40(34)22-35(3,4)38/h7-8,11-16,20-21,24,34,39H,5-6,9-10,17-19,22H2,1-4H3/t24-,34-/m1/s1. The predicted octanol–water partition coefficient (Wildman–Crippen LogP) is 8.18. The van der Waals surface area contributed by atoms with Crippen LogP contribution in [-0.4, -0.2) is 49.8 Å². The van der Waals surface area contributed by atoms with Crippen LogP contribution in [-0.2, 0) is 20.7 Å². The lowest BCUT2D eigenvalue weighted by Gasteiger charge is -2.43. The topological polar surface area (TPSA) is 71.6 Å². The first-order valence-electron chi connectivity index (χ1n) is 15.5. The average molecular weight is 643 g/mol. The molecule has 1 aromatic heterocycles. The van der Waals surface area contributed by atoms with Crippen LogP contribution >= 0.6 is 0 Å². The van der Waals surface area contributed by atoms with Crippen LogP contribution in [0.15, 0.2) is 65.6 Å². The number of hydrogen-bond acceptors (Lipinski definition) is 5. The molecule has 0 radical (unpaired) electrons. The highest BCUT2D eigenvalue weighted by molar-refractivity contribution is 7.86. The molecule has 1 aliphatic rings. The van der Waals surface area contributed by atoms with E-state index in [2.05, 4.69) is 4.98 Å². The molecule has 0 unspecified atom stereocenters. The number of halogens is 3. The number of ether oxygens (including phenoxy) is 1. The van der Waals surface area contributed by atoms with E-state index in [1.54, 1.807) is 12.1 Å². The molecule has 2 atom stereocenters. The van der Waals surface area contributed by atoms with Crippen molar-refractivity contribution in [3.05, 3.63) is 94.7 Å². The lowest BCUT2D eigenvalue weighted by Crippen LogP contribution is -2.48. The third-order valence-corrected chi connectivity index (χ3v) is 9.58. The molecule has 5 rings (SSSR count). The number of nitrogens with one attached hydrogen (secondary N) is 1. The van der Waals surface area contributed by atoms with Crippen LogP contribution in [0.1, 0.15) is 74.9 Å². The van der Waals surface area contributed by atoms with Crippen molar-refractivity contribution in [1.29, 1.82) is 0 Å². The van der Waals surface area contributed by atoms with E-state index < -0.39 is 33.5 Å². The fraction of sp³-hybridized carbons (Fsp3) is 0.429. The molecule has 4 aromatic rings. The third kappa shape index (κ3) is 7.73. The summed E-state index contributed by atoms with van der Waals surface area (Å²) in [4.78, 5) is 5.35. The minimum absolute atomic E-state index is 0.00763. The molecule has 45 heavy (non-hydrogen) atoms. The smallest absolute Gasteiger partial charge is 0.296 e. The summed E-state index contributed by atoms with van der Waals surface area (Å²) in [5.41, 5.74) is 1.81. The van der Waals surface area contributed by atoms with E-state index in [4.69, 9.17) is 8.92 Å². The third-order valence-electron chi connectivity index (χ3n) is 8.26. The predicted molar refractivity (Wildman–Crippen MR) is 170 cm³/mol. The van der Waals surface area contributed by atoms with Crippen molar-refractivity contribution in [2.24, 2.45) is 0 Å². The number of fused-ring (bicyclic) bond motifs is 3. The minimum Gasteiger partial charge on any atom is -0.493 e. The Morgan fingerprint density at radius 2 is 1.60 bits per heavy atom. The maximum Gasteiger partial charge on any atom is 0.296 e. The molecule has 0 bridgehead atoms. The SMILES string of the molecule is Cc1ccc(S(=O)(=O)OCCCCCCOc2cc(F)c([C@@H]3c4[nH]c5ccccc5c4C[C@@H](C)N3CC(C)(C)F)c(F)c2)cc1. The number of para-hydroxylation sites is 1. The zero-order valence-corrected chi connectivity index (χ0v) is 27.0. The van der Waals surface area contributed by atoms with E-state index >= 15 is 8.78 Å². The van der Waals surface area contributed by atoms with Crippen molar-refractivity contribution >= 4 is 21.0 Å². The summed E-state index contributed by atoms with van der Waals surface area (Å²) < 4.78 is 82.0. The van der Waals surface area contributed by atoms with Crippen LogP contribution < -0.4 is 4.74 Å². The molecule has 0 spiro atoms. The average Bonchev–Trinajstić information content (AvgIpc) is 3.33. The van der Waals surface area contributed by atoms with Crippen molar-refractivity contribution < 1.29 is 30.5 Å².